The van der Waals surface area contributed by atoms with Gasteiger partial charge in [-0.2, -0.15) is 0 Å². The average Bonchev–Trinajstić information content (AvgIpc) is 1.65. The molecule has 0 aromatic heterocycles. The van der Waals surface area contributed by atoms with E-state index in [1.165, 1.54) is 4.43 Å². The van der Waals surface area contributed by atoms with Crippen molar-refractivity contribution < 1.29 is 0 Å². The van der Waals surface area contributed by atoms with Gasteiger partial charge in [0.15, 0.2) is 0 Å². The van der Waals surface area contributed by atoms with Gasteiger partial charge in [-0.15, -0.1) is 0 Å². The van der Waals surface area contributed by atoms with E-state index in [1.54, 1.807) is 0 Å². The molecule has 2 unspecified atom stereocenters. The number of hydrogen-bond donors (Lipinski definition) is 0. The van der Waals surface area contributed by atoms with Crippen molar-refractivity contribution in [2.75, 3.05) is 4.43 Å². The molecule has 2 atom stereocenters. The van der Waals surface area contributed by atoms with Crippen LogP contribution in [0.2, 0.25) is 0 Å². The molecule has 0 bridgehead atoms. The van der Waals surface area contributed by atoms with Crippen LogP contribution in [-0.4, -0.2) is 8.35 Å². The SMILES string of the molecule is CC(I)C(C)CI. The third-order valence-electron chi connectivity index (χ3n) is 1.03. The van der Waals surface area contributed by atoms with Crippen LogP contribution < -0.4 is 0 Å². The van der Waals surface area contributed by atoms with Crippen molar-refractivity contribution in [3.05, 3.63) is 0 Å². The van der Waals surface area contributed by atoms with Crippen LogP contribution in [0.1, 0.15) is 13.8 Å². The highest BCUT2D eigenvalue weighted by Crippen LogP contribution is 2.13. The first-order valence-electron chi connectivity index (χ1n) is 2.38. The third-order valence-corrected chi connectivity index (χ3v) is 3.64. The second kappa shape index (κ2) is 4.35. The maximum absolute atomic E-state index is 2.46. The topological polar surface area (TPSA) is 0 Å². The highest BCUT2D eigenvalue weighted by atomic mass is 127. The first-order chi connectivity index (χ1) is 3.18. The fraction of sp³-hybridized carbons (Fsp3) is 1.00. The molecular formula is C5H10I2. The van der Waals surface area contributed by atoms with Crippen LogP contribution in [0.4, 0.5) is 0 Å². The summed E-state index contributed by atoms with van der Waals surface area (Å²) in [5.41, 5.74) is 0. The Kier molecular flexibility index (Phi) is 5.26. The minimum Gasteiger partial charge on any atom is -0.0860 e. The Bertz CT molecular complexity index is 43.3. The summed E-state index contributed by atoms with van der Waals surface area (Å²) in [6.07, 6.45) is 0. The Balaban J connectivity index is 3.14. The predicted molar refractivity (Wildman–Crippen MR) is 51.5 cm³/mol. The van der Waals surface area contributed by atoms with Crippen LogP contribution in [0.15, 0.2) is 0 Å². The van der Waals surface area contributed by atoms with Gasteiger partial charge in [0.2, 0.25) is 0 Å². The van der Waals surface area contributed by atoms with E-state index in [2.05, 4.69) is 59.0 Å². The lowest BCUT2D eigenvalue weighted by Crippen LogP contribution is -2.06. The highest BCUT2D eigenvalue weighted by molar-refractivity contribution is 14.1. The number of rotatable bonds is 2. The Hall–Kier alpha value is 1.46. The van der Waals surface area contributed by atoms with Crippen molar-refractivity contribution in [3.63, 3.8) is 0 Å². The van der Waals surface area contributed by atoms with Gasteiger partial charge in [0.1, 0.15) is 0 Å². The highest BCUT2D eigenvalue weighted by Gasteiger charge is 2.04. The molecule has 0 fully saturated rings. The van der Waals surface area contributed by atoms with Crippen LogP contribution >= 0.6 is 45.2 Å². The van der Waals surface area contributed by atoms with Gasteiger partial charge in [-0.1, -0.05) is 59.0 Å². The smallest absolute Gasteiger partial charge is 0.0114 e. The molecule has 0 aliphatic heterocycles. The zero-order valence-electron chi connectivity index (χ0n) is 4.62. The molecule has 44 valence electrons. The summed E-state index contributed by atoms with van der Waals surface area (Å²) in [4.78, 5) is 0. The summed E-state index contributed by atoms with van der Waals surface area (Å²) in [7, 11) is 0. The van der Waals surface area contributed by atoms with Gasteiger partial charge in [0.25, 0.3) is 0 Å². The predicted octanol–water partition coefficient (Wildman–Crippen LogP) is 2.88. The second-order valence-electron chi connectivity index (χ2n) is 1.81. The van der Waals surface area contributed by atoms with E-state index in [9.17, 15) is 0 Å². The van der Waals surface area contributed by atoms with E-state index in [1.807, 2.05) is 0 Å². The normalized spacial score (nSPS) is 18.9. The molecule has 0 spiro atoms. The Morgan fingerprint density at radius 3 is 1.86 bits per heavy atom. The fourth-order valence-electron chi connectivity index (χ4n) is 0.123. The van der Waals surface area contributed by atoms with Gasteiger partial charge in [-0.05, 0) is 5.92 Å². The standard InChI is InChI=1S/C5H10I2/c1-4(3-6)5(2)7/h4-5H,3H2,1-2H3. The largest absolute Gasteiger partial charge is 0.0860 e. The summed E-state index contributed by atoms with van der Waals surface area (Å²) in [6.45, 7) is 4.54. The van der Waals surface area contributed by atoms with Gasteiger partial charge in [0, 0.05) is 8.35 Å². The van der Waals surface area contributed by atoms with Crippen molar-refractivity contribution in [3.8, 4) is 0 Å². The van der Waals surface area contributed by atoms with Gasteiger partial charge in [-0.3, -0.25) is 0 Å². The summed E-state index contributed by atoms with van der Waals surface area (Å²) in [5, 5.41) is 0. The lowest BCUT2D eigenvalue weighted by atomic mass is 10.2. The lowest BCUT2D eigenvalue weighted by molar-refractivity contribution is 0.682. The molecule has 0 saturated heterocycles. The molecule has 2 heteroatoms. The van der Waals surface area contributed by atoms with Gasteiger partial charge >= 0.3 is 0 Å². The van der Waals surface area contributed by atoms with Gasteiger partial charge in [0.05, 0.1) is 0 Å². The molecule has 0 aliphatic carbocycles. The Morgan fingerprint density at radius 2 is 1.86 bits per heavy atom. The fourth-order valence-corrected chi connectivity index (χ4v) is 2.11. The monoisotopic (exact) mass is 324 g/mol. The molecule has 0 aliphatic rings. The number of halogens is 2. The van der Waals surface area contributed by atoms with E-state index < -0.39 is 0 Å². The molecule has 0 rings (SSSR count). The maximum atomic E-state index is 2.46. The van der Waals surface area contributed by atoms with Crippen LogP contribution in [0.3, 0.4) is 0 Å². The molecule has 0 radical (unpaired) electrons. The average molecular weight is 324 g/mol. The summed E-state index contributed by atoms with van der Waals surface area (Å²) >= 11 is 4.89. The first-order valence-corrected chi connectivity index (χ1v) is 5.15. The van der Waals surface area contributed by atoms with E-state index in [0.29, 0.717) is 0 Å². The van der Waals surface area contributed by atoms with Gasteiger partial charge in [-0.25, -0.2) is 0 Å². The molecule has 0 aromatic rings. The van der Waals surface area contributed by atoms with Crippen molar-refractivity contribution >= 4 is 45.2 Å². The molecule has 0 nitrogen and oxygen atoms in total. The quantitative estimate of drug-likeness (QED) is 0.541. The van der Waals surface area contributed by atoms with E-state index in [-0.39, 0.29) is 0 Å². The summed E-state index contributed by atoms with van der Waals surface area (Å²) in [6, 6.07) is 0. The van der Waals surface area contributed by atoms with Crippen LogP contribution in [0.5, 0.6) is 0 Å². The summed E-state index contributed by atoms with van der Waals surface area (Å²) < 4.78 is 2.11. The third kappa shape index (κ3) is 4.00. The number of hydrogen-bond acceptors (Lipinski definition) is 0. The maximum Gasteiger partial charge on any atom is 0.0114 e. The minimum atomic E-state index is 0.828. The molecule has 0 aromatic carbocycles. The van der Waals surface area contributed by atoms with Crippen molar-refractivity contribution in [1.82, 2.24) is 0 Å². The molecule has 0 amide bonds. The number of alkyl halides is 2. The van der Waals surface area contributed by atoms with Crippen molar-refractivity contribution in [1.29, 1.82) is 0 Å². The van der Waals surface area contributed by atoms with E-state index >= 15 is 0 Å². The summed E-state index contributed by atoms with van der Waals surface area (Å²) in [5.74, 6) is 0.876. The zero-order valence-corrected chi connectivity index (χ0v) is 8.93. The van der Waals surface area contributed by atoms with E-state index in [0.717, 1.165) is 9.84 Å². The first kappa shape index (κ1) is 8.46. The Morgan fingerprint density at radius 1 is 1.43 bits per heavy atom. The molecular weight excluding hydrogens is 314 g/mol. The second-order valence-corrected chi connectivity index (χ2v) is 4.65. The van der Waals surface area contributed by atoms with Crippen LogP contribution in [-0.2, 0) is 0 Å². The van der Waals surface area contributed by atoms with Gasteiger partial charge < -0.3 is 0 Å². The zero-order chi connectivity index (χ0) is 5.86. The molecule has 0 saturated carbocycles. The Labute approximate surface area is 72.7 Å². The molecule has 7 heavy (non-hydrogen) atoms. The lowest BCUT2D eigenvalue weighted by Gasteiger charge is -2.07. The van der Waals surface area contributed by atoms with Crippen LogP contribution in [0, 0.1) is 5.92 Å². The molecule has 0 heterocycles. The van der Waals surface area contributed by atoms with Crippen molar-refractivity contribution in [2.24, 2.45) is 5.92 Å². The van der Waals surface area contributed by atoms with Crippen molar-refractivity contribution in [2.45, 2.75) is 17.8 Å². The van der Waals surface area contributed by atoms with Crippen LogP contribution in [0.25, 0.3) is 0 Å². The molecule has 0 N–H and O–H groups in total. The van der Waals surface area contributed by atoms with E-state index in [4.69, 9.17) is 0 Å². The minimum absolute atomic E-state index is 0.828.